The SMILES string of the molecule is O[C@@H](c1ccccc1)C1CCN(Cc2cccc3nccn23)CC1. The van der Waals surface area contributed by atoms with Crippen molar-refractivity contribution in [1.82, 2.24) is 14.3 Å². The van der Waals surface area contributed by atoms with E-state index in [1.807, 2.05) is 48.8 Å². The number of nitrogens with zero attached hydrogens (tertiary/aromatic N) is 3. The molecule has 1 saturated heterocycles. The van der Waals surface area contributed by atoms with Gasteiger partial charge in [-0.3, -0.25) is 4.90 Å². The fourth-order valence-corrected chi connectivity index (χ4v) is 3.71. The van der Waals surface area contributed by atoms with Crippen LogP contribution in [0.15, 0.2) is 60.9 Å². The summed E-state index contributed by atoms with van der Waals surface area (Å²) in [5.74, 6) is 0.354. The second-order valence-corrected chi connectivity index (χ2v) is 6.64. The molecule has 3 aromatic rings. The molecule has 0 aliphatic carbocycles. The summed E-state index contributed by atoms with van der Waals surface area (Å²) in [4.78, 5) is 6.83. The Morgan fingerprint density at radius 1 is 1.04 bits per heavy atom. The molecule has 2 aromatic heterocycles. The summed E-state index contributed by atoms with van der Waals surface area (Å²) in [7, 11) is 0. The van der Waals surface area contributed by atoms with Gasteiger partial charge in [-0.25, -0.2) is 4.98 Å². The van der Waals surface area contributed by atoms with Crippen molar-refractivity contribution in [2.75, 3.05) is 13.1 Å². The summed E-state index contributed by atoms with van der Waals surface area (Å²) < 4.78 is 2.16. The van der Waals surface area contributed by atoms with Gasteiger partial charge >= 0.3 is 0 Å². The first kappa shape index (κ1) is 15.4. The Morgan fingerprint density at radius 3 is 2.62 bits per heavy atom. The highest BCUT2D eigenvalue weighted by molar-refractivity contribution is 5.39. The number of aliphatic hydroxyl groups is 1. The van der Waals surface area contributed by atoms with Crippen LogP contribution < -0.4 is 0 Å². The van der Waals surface area contributed by atoms with Crippen LogP contribution in [0.1, 0.15) is 30.2 Å². The molecule has 3 heterocycles. The quantitative estimate of drug-likeness (QED) is 0.802. The molecular formula is C20H23N3O. The van der Waals surface area contributed by atoms with Crippen molar-refractivity contribution in [2.24, 2.45) is 5.92 Å². The van der Waals surface area contributed by atoms with Crippen molar-refractivity contribution in [3.05, 3.63) is 72.2 Å². The van der Waals surface area contributed by atoms with Crippen LogP contribution in [0.3, 0.4) is 0 Å². The standard InChI is InChI=1S/C20H23N3O/c24-20(16-5-2-1-3-6-16)17-9-12-22(13-10-17)15-18-7-4-8-19-21-11-14-23(18)19/h1-8,11,14,17,20,24H,9-10,12-13,15H2/t20-/m0/s1. The van der Waals surface area contributed by atoms with Crippen LogP contribution in [0.2, 0.25) is 0 Å². The zero-order valence-corrected chi connectivity index (χ0v) is 13.8. The van der Waals surface area contributed by atoms with E-state index in [1.54, 1.807) is 0 Å². The Morgan fingerprint density at radius 2 is 1.83 bits per heavy atom. The molecule has 4 rings (SSSR count). The van der Waals surface area contributed by atoms with Crippen molar-refractivity contribution < 1.29 is 5.11 Å². The van der Waals surface area contributed by atoms with E-state index >= 15 is 0 Å². The number of rotatable bonds is 4. The highest BCUT2D eigenvalue weighted by atomic mass is 16.3. The Balaban J connectivity index is 1.39. The smallest absolute Gasteiger partial charge is 0.136 e. The molecule has 0 amide bonds. The predicted molar refractivity (Wildman–Crippen MR) is 94.6 cm³/mol. The van der Waals surface area contributed by atoms with Gasteiger partial charge in [-0.05, 0) is 49.5 Å². The lowest BCUT2D eigenvalue weighted by Gasteiger charge is -2.34. The van der Waals surface area contributed by atoms with Crippen LogP contribution in [-0.4, -0.2) is 32.5 Å². The zero-order chi connectivity index (χ0) is 16.4. The zero-order valence-electron chi connectivity index (χ0n) is 13.8. The fourth-order valence-electron chi connectivity index (χ4n) is 3.71. The maximum atomic E-state index is 10.6. The summed E-state index contributed by atoms with van der Waals surface area (Å²) in [6.45, 7) is 2.99. The first-order chi connectivity index (χ1) is 11.8. The topological polar surface area (TPSA) is 40.8 Å². The third kappa shape index (κ3) is 3.07. The van der Waals surface area contributed by atoms with Gasteiger partial charge in [-0.15, -0.1) is 0 Å². The summed E-state index contributed by atoms with van der Waals surface area (Å²) >= 11 is 0. The van der Waals surface area contributed by atoms with E-state index in [4.69, 9.17) is 0 Å². The number of piperidine rings is 1. The third-order valence-electron chi connectivity index (χ3n) is 5.12. The highest BCUT2D eigenvalue weighted by Crippen LogP contribution is 2.31. The Labute approximate surface area is 142 Å². The van der Waals surface area contributed by atoms with E-state index in [1.165, 1.54) is 5.69 Å². The molecular weight excluding hydrogens is 298 g/mol. The molecule has 4 heteroatoms. The van der Waals surface area contributed by atoms with Crippen LogP contribution in [0, 0.1) is 5.92 Å². The molecule has 1 fully saturated rings. The number of benzene rings is 1. The first-order valence-electron chi connectivity index (χ1n) is 8.67. The average Bonchev–Trinajstić information content (AvgIpc) is 3.12. The van der Waals surface area contributed by atoms with Gasteiger partial charge in [0.25, 0.3) is 0 Å². The van der Waals surface area contributed by atoms with E-state index in [-0.39, 0.29) is 6.10 Å². The van der Waals surface area contributed by atoms with Gasteiger partial charge < -0.3 is 9.51 Å². The van der Waals surface area contributed by atoms with Gasteiger partial charge in [-0.1, -0.05) is 36.4 Å². The number of aromatic nitrogens is 2. The average molecular weight is 321 g/mol. The summed E-state index contributed by atoms with van der Waals surface area (Å²) in [5.41, 5.74) is 3.31. The van der Waals surface area contributed by atoms with Crippen molar-refractivity contribution in [3.63, 3.8) is 0 Å². The highest BCUT2D eigenvalue weighted by Gasteiger charge is 2.26. The van der Waals surface area contributed by atoms with Crippen molar-refractivity contribution in [1.29, 1.82) is 0 Å². The predicted octanol–water partition coefficient (Wildman–Crippen LogP) is 3.28. The minimum atomic E-state index is -0.342. The maximum absolute atomic E-state index is 10.6. The monoisotopic (exact) mass is 321 g/mol. The lowest BCUT2D eigenvalue weighted by Crippen LogP contribution is -2.35. The summed E-state index contributed by atoms with van der Waals surface area (Å²) in [5, 5.41) is 10.6. The molecule has 4 nitrogen and oxygen atoms in total. The van der Waals surface area contributed by atoms with Gasteiger partial charge in [0.2, 0.25) is 0 Å². The van der Waals surface area contributed by atoms with Gasteiger partial charge in [-0.2, -0.15) is 0 Å². The molecule has 1 aliphatic heterocycles. The number of pyridine rings is 1. The molecule has 1 atom stereocenters. The Hall–Kier alpha value is -2.17. The third-order valence-corrected chi connectivity index (χ3v) is 5.12. The molecule has 0 radical (unpaired) electrons. The fraction of sp³-hybridized carbons (Fsp3) is 0.350. The van der Waals surface area contributed by atoms with E-state index in [0.717, 1.165) is 43.7 Å². The molecule has 1 N–H and O–H groups in total. The lowest BCUT2D eigenvalue weighted by molar-refractivity contribution is 0.0563. The first-order valence-corrected chi connectivity index (χ1v) is 8.67. The van der Waals surface area contributed by atoms with E-state index in [9.17, 15) is 5.11 Å². The second kappa shape index (κ2) is 6.75. The number of aliphatic hydroxyl groups excluding tert-OH is 1. The molecule has 0 unspecified atom stereocenters. The molecule has 0 saturated carbocycles. The van der Waals surface area contributed by atoms with Crippen molar-refractivity contribution in [2.45, 2.75) is 25.5 Å². The maximum Gasteiger partial charge on any atom is 0.136 e. The number of hydrogen-bond donors (Lipinski definition) is 1. The van der Waals surface area contributed by atoms with Crippen LogP contribution in [0.5, 0.6) is 0 Å². The van der Waals surface area contributed by atoms with E-state index in [0.29, 0.717) is 5.92 Å². The van der Waals surface area contributed by atoms with Gasteiger partial charge in [0.1, 0.15) is 5.65 Å². The molecule has 1 aliphatic rings. The van der Waals surface area contributed by atoms with Gasteiger partial charge in [0.15, 0.2) is 0 Å². The minimum Gasteiger partial charge on any atom is -0.388 e. The number of hydrogen-bond acceptors (Lipinski definition) is 3. The van der Waals surface area contributed by atoms with Crippen LogP contribution in [-0.2, 0) is 6.54 Å². The van der Waals surface area contributed by atoms with E-state index < -0.39 is 0 Å². The van der Waals surface area contributed by atoms with Crippen LogP contribution >= 0.6 is 0 Å². The van der Waals surface area contributed by atoms with Crippen LogP contribution in [0.4, 0.5) is 0 Å². The molecule has 0 bridgehead atoms. The number of fused-ring (bicyclic) bond motifs is 1. The van der Waals surface area contributed by atoms with Crippen molar-refractivity contribution in [3.8, 4) is 0 Å². The Bertz CT molecular complexity index is 791. The number of imidazole rings is 1. The summed E-state index contributed by atoms with van der Waals surface area (Å²) in [6, 6.07) is 16.3. The minimum absolute atomic E-state index is 0.342. The summed E-state index contributed by atoms with van der Waals surface area (Å²) in [6.07, 6.45) is 5.61. The van der Waals surface area contributed by atoms with Crippen molar-refractivity contribution >= 4 is 5.65 Å². The molecule has 0 spiro atoms. The number of likely N-dealkylation sites (tertiary alicyclic amines) is 1. The molecule has 124 valence electrons. The lowest BCUT2D eigenvalue weighted by atomic mass is 9.87. The largest absolute Gasteiger partial charge is 0.388 e. The van der Waals surface area contributed by atoms with Gasteiger partial charge in [0, 0.05) is 24.6 Å². The van der Waals surface area contributed by atoms with E-state index in [2.05, 4.69) is 26.4 Å². The molecule has 1 aromatic carbocycles. The normalized spacial score (nSPS) is 18.0. The Kier molecular flexibility index (Phi) is 4.32. The van der Waals surface area contributed by atoms with Crippen LogP contribution in [0.25, 0.3) is 5.65 Å². The second-order valence-electron chi connectivity index (χ2n) is 6.64. The van der Waals surface area contributed by atoms with Gasteiger partial charge in [0.05, 0.1) is 6.10 Å². The molecule has 24 heavy (non-hydrogen) atoms.